The number of piperidine rings is 1. The lowest BCUT2D eigenvalue weighted by Crippen LogP contribution is -2.49. The van der Waals surface area contributed by atoms with Gasteiger partial charge in [-0.2, -0.15) is 18.2 Å². The minimum absolute atomic E-state index is 0.0967. The SMILES string of the molecule is COc1ccc(C(=O)N(C)C2CCN(C)CC2)cc1Nc1ncc(C(F)(F)F)c(N[C@@H]2CCCC[C@H]2N(C)S(C)(=O)=O)n1. The van der Waals surface area contributed by atoms with Crippen LogP contribution in [-0.2, 0) is 16.2 Å². The molecule has 2 aromatic rings. The zero-order chi connectivity index (χ0) is 31.5. The molecular formula is C28H40F3N7O4S. The van der Waals surface area contributed by atoms with E-state index in [0.717, 1.165) is 45.0 Å². The molecule has 15 heteroatoms. The van der Waals surface area contributed by atoms with Crippen molar-refractivity contribution in [2.75, 3.05) is 58.2 Å². The number of likely N-dealkylation sites (N-methyl/N-ethyl adjacent to an activating group) is 1. The minimum Gasteiger partial charge on any atom is -0.495 e. The Morgan fingerprint density at radius 1 is 1.12 bits per heavy atom. The highest BCUT2D eigenvalue weighted by Gasteiger charge is 2.38. The van der Waals surface area contributed by atoms with Crippen LogP contribution < -0.4 is 15.4 Å². The van der Waals surface area contributed by atoms with E-state index in [1.54, 1.807) is 30.1 Å². The maximum absolute atomic E-state index is 14.0. The van der Waals surface area contributed by atoms with Gasteiger partial charge in [0.25, 0.3) is 5.91 Å². The van der Waals surface area contributed by atoms with E-state index in [-0.39, 0.29) is 17.9 Å². The Bertz CT molecular complexity index is 1400. The molecule has 1 saturated heterocycles. The maximum Gasteiger partial charge on any atom is 0.421 e. The average molecular weight is 628 g/mol. The van der Waals surface area contributed by atoms with Crippen molar-refractivity contribution >= 4 is 33.4 Å². The van der Waals surface area contributed by atoms with Gasteiger partial charge in [-0.15, -0.1) is 0 Å². The number of sulfonamides is 1. The average Bonchev–Trinajstić information content (AvgIpc) is 2.95. The molecule has 1 saturated carbocycles. The normalized spacial score (nSPS) is 20.6. The molecule has 11 nitrogen and oxygen atoms in total. The predicted octanol–water partition coefficient (Wildman–Crippen LogP) is 4.03. The number of hydrogen-bond acceptors (Lipinski definition) is 9. The number of nitrogens with one attached hydrogen (secondary N) is 2. The molecule has 238 valence electrons. The van der Waals surface area contributed by atoms with Gasteiger partial charge in [0, 0.05) is 44.0 Å². The lowest BCUT2D eigenvalue weighted by atomic mass is 9.90. The molecule has 0 unspecified atom stereocenters. The van der Waals surface area contributed by atoms with Gasteiger partial charge in [0.1, 0.15) is 17.1 Å². The predicted molar refractivity (Wildman–Crippen MR) is 158 cm³/mol. The van der Waals surface area contributed by atoms with Crippen molar-refractivity contribution in [3.63, 3.8) is 0 Å². The number of anilines is 3. The Balaban J connectivity index is 1.62. The minimum atomic E-state index is -4.75. The van der Waals surface area contributed by atoms with Crippen molar-refractivity contribution < 1.29 is 31.1 Å². The number of aromatic nitrogens is 2. The Morgan fingerprint density at radius 3 is 2.42 bits per heavy atom. The van der Waals surface area contributed by atoms with Crippen molar-refractivity contribution in [1.82, 2.24) is 24.1 Å². The third kappa shape index (κ3) is 7.87. The first kappa shape index (κ1) is 32.7. The highest BCUT2D eigenvalue weighted by molar-refractivity contribution is 7.88. The smallest absolute Gasteiger partial charge is 0.421 e. The van der Waals surface area contributed by atoms with Crippen molar-refractivity contribution in [1.29, 1.82) is 0 Å². The monoisotopic (exact) mass is 627 g/mol. The van der Waals surface area contributed by atoms with E-state index in [9.17, 15) is 26.4 Å². The molecule has 1 aliphatic heterocycles. The summed E-state index contributed by atoms with van der Waals surface area (Å²) in [6, 6.07) is 3.77. The maximum atomic E-state index is 14.0. The molecule has 2 N–H and O–H groups in total. The summed E-state index contributed by atoms with van der Waals surface area (Å²) in [5.74, 6) is -0.448. The summed E-state index contributed by atoms with van der Waals surface area (Å²) in [4.78, 5) is 25.4. The van der Waals surface area contributed by atoms with Gasteiger partial charge in [0.05, 0.1) is 19.1 Å². The van der Waals surface area contributed by atoms with Crippen molar-refractivity contribution in [3.05, 3.63) is 35.5 Å². The molecule has 1 aromatic heterocycles. The van der Waals surface area contributed by atoms with Crippen LogP contribution in [0, 0.1) is 0 Å². The summed E-state index contributed by atoms with van der Waals surface area (Å²) in [6.45, 7) is 1.79. The van der Waals surface area contributed by atoms with Crippen LogP contribution in [0.2, 0.25) is 0 Å². The highest BCUT2D eigenvalue weighted by atomic mass is 32.2. The molecule has 2 aliphatic rings. The van der Waals surface area contributed by atoms with E-state index in [4.69, 9.17) is 4.74 Å². The fraction of sp³-hybridized carbons (Fsp3) is 0.607. The number of rotatable bonds is 9. The summed E-state index contributed by atoms with van der Waals surface area (Å²) in [7, 11) is 3.12. The number of hydrogen-bond donors (Lipinski definition) is 2. The van der Waals surface area contributed by atoms with Crippen LogP contribution in [0.5, 0.6) is 5.75 Å². The van der Waals surface area contributed by atoms with Crippen molar-refractivity contribution in [3.8, 4) is 5.75 Å². The van der Waals surface area contributed by atoms with Gasteiger partial charge in [-0.05, 0) is 64.0 Å². The van der Waals surface area contributed by atoms with Gasteiger partial charge in [-0.25, -0.2) is 17.7 Å². The van der Waals surface area contributed by atoms with Crippen LogP contribution in [0.25, 0.3) is 0 Å². The molecule has 4 rings (SSSR count). The zero-order valence-corrected chi connectivity index (χ0v) is 25.9. The number of methoxy groups -OCH3 is 1. The number of alkyl halides is 3. The van der Waals surface area contributed by atoms with E-state index in [1.165, 1.54) is 18.5 Å². The van der Waals surface area contributed by atoms with Crippen LogP contribution >= 0.6 is 0 Å². The zero-order valence-electron chi connectivity index (χ0n) is 25.1. The number of benzene rings is 1. The molecule has 1 amide bonds. The van der Waals surface area contributed by atoms with E-state index < -0.39 is 39.7 Å². The second-order valence-corrected chi connectivity index (χ2v) is 13.4. The molecule has 2 atom stereocenters. The number of nitrogens with zero attached hydrogens (tertiary/aromatic N) is 5. The molecule has 43 heavy (non-hydrogen) atoms. The van der Waals surface area contributed by atoms with Crippen LogP contribution in [0.4, 0.5) is 30.6 Å². The number of amides is 1. The van der Waals surface area contributed by atoms with Crippen LogP contribution in [0.15, 0.2) is 24.4 Å². The van der Waals surface area contributed by atoms with E-state index in [1.807, 2.05) is 7.05 Å². The second-order valence-electron chi connectivity index (χ2n) is 11.3. The standard InChI is InChI=1S/C28H40F3N7O4S/c1-36-14-12-19(13-15-36)37(2)26(39)18-10-11-24(42-4)22(16-18)34-27-32-17-20(28(29,30)31)25(35-27)33-21-8-6-7-9-23(21)38(3)43(5,40)41/h10-11,16-17,19,21,23H,6-9,12-15H2,1-5H3,(H2,32,33,34,35)/t21-,23-/m1/s1. The van der Waals surface area contributed by atoms with Gasteiger partial charge < -0.3 is 25.2 Å². The van der Waals surface area contributed by atoms with Gasteiger partial charge in [0.2, 0.25) is 16.0 Å². The molecule has 0 spiro atoms. The first-order chi connectivity index (χ1) is 20.2. The Morgan fingerprint density at radius 2 is 1.79 bits per heavy atom. The summed E-state index contributed by atoms with van der Waals surface area (Å²) >= 11 is 0. The number of carbonyl (C=O) groups is 1. The lowest BCUT2D eigenvalue weighted by molar-refractivity contribution is -0.137. The molecular weight excluding hydrogens is 587 g/mol. The van der Waals surface area contributed by atoms with Gasteiger partial charge in [-0.3, -0.25) is 4.79 Å². The summed E-state index contributed by atoms with van der Waals surface area (Å²) in [6.07, 6.45) is 1.18. The number of ether oxygens (including phenoxy) is 1. The Hall–Kier alpha value is -3.17. The van der Waals surface area contributed by atoms with Crippen molar-refractivity contribution in [2.24, 2.45) is 0 Å². The second kappa shape index (κ2) is 13.2. The van der Waals surface area contributed by atoms with Gasteiger partial charge in [0.15, 0.2) is 0 Å². The van der Waals surface area contributed by atoms with E-state index in [2.05, 4.69) is 25.5 Å². The Labute approximate surface area is 250 Å². The third-order valence-corrected chi connectivity index (χ3v) is 9.70. The first-order valence-electron chi connectivity index (χ1n) is 14.2. The number of likely N-dealkylation sites (tertiary alicyclic amines) is 1. The third-order valence-electron chi connectivity index (χ3n) is 8.38. The quantitative estimate of drug-likeness (QED) is 0.425. The van der Waals surface area contributed by atoms with Crippen LogP contribution in [0.1, 0.15) is 54.4 Å². The van der Waals surface area contributed by atoms with Crippen LogP contribution in [0.3, 0.4) is 0 Å². The molecule has 2 fully saturated rings. The van der Waals surface area contributed by atoms with E-state index >= 15 is 0 Å². The molecule has 0 bridgehead atoms. The van der Waals surface area contributed by atoms with E-state index in [0.29, 0.717) is 36.0 Å². The fourth-order valence-electron chi connectivity index (χ4n) is 5.71. The first-order valence-corrected chi connectivity index (χ1v) is 16.1. The topological polar surface area (TPSA) is 120 Å². The molecule has 1 aromatic carbocycles. The van der Waals surface area contributed by atoms with Gasteiger partial charge >= 0.3 is 6.18 Å². The number of halogens is 3. The molecule has 1 aliphatic carbocycles. The van der Waals surface area contributed by atoms with Gasteiger partial charge in [-0.1, -0.05) is 12.8 Å². The number of carbonyl (C=O) groups excluding carboxylic acids is 1. The van der Waals surface area contributed by atoms with Crippen LogP contribution in [-0.4, -0.2) is 104 Å². The summed E-state index contributed by atoms with van der Waals surface area (Å²) in [5.41, 5.74) is -0.382. The summed E-state index contributed by atoms with van der Waals surface area (Å²) < 4.78 is 73.1. The lowest BCUT2D eigenvalue weighted by Gasteiger charge is -2.37. The Kier molecular flexibility index (Phi) is 10.1. The molecule has 2 heterocycles. The fourth-order valence-corrected chi connectivity index (χ4v) is 6.45. The van der Waals surface area contributed by atoms with Crippen molar-refractivity contribution in [2.45, 2.75) is 62.8 Å². The molecule has 0 radical (unpaired) electrons. The largest absolute Gasteiger partial charge is 0.495 e. The summed E-state index contributed by atoms with van der Waals surface area (Å²) in [5, 5.41) is 5.80. The highest BCUT2D eigenvalue weighted by Crippen LogP contribution is 2.37.